The fraction of sp³-hybridized carbons (Fsp3) is 0.800. The average Bonchev–Trinajstić information content (AvgIpc) is 2.64. The van der Waals surface area contributed by atoms with E-state index >= 15 is 0 Å². The number of unbranched alkanes of at least 4 members (excludes halogenated alkanes) is 3. The summed E-state index contributed by atoms with van der Waals surface area (Å²) in [5, 5.41) is 2.62. The smallest absolute Gasteiger partial charge is 0.268 e. The zero-order valence-electron chi connectivity index (χ0n) is 9.33. The summed E-state index contributed by atoms with van der Waals surface area (Å²) in [6.45, 7) is 0.906. The predicted octanol–water partition coefficient (Wildman–Crippen LogP) is -0.558. The molecule has 0 spiro atoms. The largest absolute Gasteiger partial charge is 0.342 e. The predicted molar refractivity (Wildman–Crippen MR) is 58.2 cm³/mol. The zero-order valence-corrected chi connectivity index (χ0v) is 9.33. The van der Waals surface area contributed by atoms with Gasteiger partial charge in [0, 0.05) is 6.42 Å². The Hall–Kier alpha value is -1.14. The summed E-state index contributed by atoms with van der Waals surface area (Å²) in [6, 6.07) is -0.531. The molecule has 6 heteroatoms. The van der Waals surface area contributed by atoms with Crippen LogP contribution in [0.2, 0.25) is 0 Å². The van der Waals surface area contributed by atoms with Crippen LogP contribution in [0.25, 0.3) is 0 Å². The van der Waals surface area contributed by atoms with Gasteiger partial charge in [0.15, 0.2) is 0 Å². The van der Waals surface area contributed by atoms with E-state index in [0.717, 1.165) is 25.7 Å². The molecule has 1 heterocycles. The van der Waals surface area contributed by atoms with E-state index in [-0.39, 0.29) is 18.4 Å². The Bertz CT molecular complexity index is 245. The van der Waals surface area contributed by atoms with Crippen LogP contribution in [0.4, 0.5) is 0 Å². The number of nitrogens with two attached hydrogens (primary N) is 1. The van der Waals surface area contributed by atoms with Crippen molar-refractivity contribution in [3.63, 3.8) is 0 Å². The van der Waals surface area contributed by atoms with E-state index in [1.54, 1.807) is 0 Å². The van der Waals surface area contributed by atoms with Crippen LogP contribution < -0.4 is 16.5 Å². The van der Waals surface area contributed by atoms with Crippen molar-refractivity contribution >= 4 is 11.8 Å². The maximum absolute atomic E-state index is 11.4. The Morgan fingerprint density at radius 3 is 2.81 bits per heavy atom. The van der Waals surface area contributed by atoms with E-state index in [1.165, 1.54) is 0 Å². The standard InChI is InChI=1S/C10H19N3O3/c11-6-4-2-1-3-5-9(14)12-8-7-16-13-10(8)15/h8H,1-7,11H2,(H,12,14)(H,13,15)/t8-/m1/s1. The fourth-order valence-corrected chi connectivity index (χ4v) is 1.50. The van der Waals surface area contributed by atoms with Crippen molar-refractivity contribution in [2.75, 3.05) is 13.2 Å². The molecule has 0 aliphatic carbocycles. The Balaban J connectivity index is 2.04. The highest BCUT2D eigenvalue weighted by atomic mass is 16.7. The van der Waals surface area contributed by atoms with Gasteiger partial charge in [0.2, 0.25) is 5.91 Å². The van der Waals surface area contributed by atoms with Crippen LogP contribution in [0, 0.1) is 0 Å². The van der Waals surface area contributed by atoms with Crippen molar-refractivity contribution in [1.29, 1.82) is 0 Å². The van der Waals surface area contributed by atoms with Crippen molar-refractivity contribution in [2.24, 2.45) is 5.73 Å². The summed E-state index contributed by atoms with van der Waals surface area (Å²) in [7, 11) is 0. The first kappa shape index (κ1) is 12.9. The molecule has 0 bridgehead atoms. The topological polar surface area (TPSA) is 93.5 Å². The lowest BCUT2D eigenvalue weighted by Gasteiger charge is -2.07. The van der Waals surface area contributed by atoms with Crippen LogP contribution in [0.1, 0.15) is 32.1 Å². The van der Waals surface area contributed by atoms with Gasteiger partial charge in [0.25, 0.3) is 5.91 Å². The lowest BCUT2D eigenvalue weighted by atomic mass is 10.1. The van der Waals surface area contributed by atoms with E-state index in [2.05, 4.69) is 10.8 Å². The number of hydrogen-bond donors (Lipinski definition) is 3. The molecule has 1 fully saturated rings. The second kappa shape index (κ2) is 7.19. The van der Waals surface area contributed by atoms with Gasteiger partial charge < -0.3 is 11.1 Å². The summed E-state index contributed by atoms with van der Waals surface area (Å²) in [5.74, 6) is -0.380. The van der Waals surface area contributed by atoms with E-state index < -0.39 is 6.04 Å². The molecular formula is C10H19N3O3. The van der Waals surface area contributed by atoms with Crippen molar-refractivity contribution < 1.29 is 14.4 Å². The molecule has 1 aliphatic rings. The molecule has 4 N–H and O–H groups in total. The summed E-state index contributed by atoms with van der Waals surface area (Å²) in [4.78, 5) is 27.2. The van der Waals surface area contributed by atoms with Crippen LogP contribution in [-0.4, -0.2) is 31.0 Å². The van der Waals surface area contributed by atoms with Gasteiger partial charge >= 0.3 is 0 Å². The third-order valence-electron chi connectivity index (χ3n) is 2.43. The Labute approximate surface area is 94.8 Å². The number of hydrogen-bond acceptors (Lipinski definition) is 4. The maximum Gasteiger partial charge on any atom is 0.268 e. The van der Waals surface area contributed by atoms with Crippen LogP contribution in [0.3, 0.4) is 0 Å². The van der Waals surface area contributed by atoms with Crippen molar-refractivity contribution in [3.8, 4) is 0 Å². The Morgan fingerprint density at radius 2 is 2.19 bits per heavy atom. The second-order valence-electron chi connectivity index (χ2n) is 3.85. The lowest BCUT2D eigenvalue weighted by Crippen LogP contribution is -2.41. The average molecular weight is 229 g/mol. The van der Waals surface area contributed by atoms with Gasteiger partial charge in [-0.2, -0.15) is 0 Å². The van der Waals surface area contributed by atoms with Crippen molar-refractivity contribution in [1.82, 2.24) is 10.8 Å². The molecule has 92 valence electrons. The minimum absolute atomic E-state index is 0.0987. The number of nitrogens with one attached hydrogen (secondary N) is 2. The zero-order chi connectivity index (χ0) is 11.8. The first-order valence-electron chi connectivity index (χ1n) is 5.65. The highest BCUT2D eigenvalue weighted by Crippen LogP contribution is 2.03. The monoisotopic (exact) mass is 229 g/mol. The molecule has 1 saturated heterocycles. The molecule has 0 saturated carbocycles. The molecule has 0 aromatic rings. The highest BCUT2D eigenvalue weighted by molar-refractivity contribution is 5.88. The first-order valence-corrected chi connectivity index (χ1v) is 5.65. The number of amides is 2. The summed E-state index contributed by atoms with van der Waals surface area (Å²) >= 11 is 0. The minimum Gasteiger partial charge on any atom is -0.342 e. The van der Waals surface area contributed by atoms with E-state index in [4.69, 9.17) is 10.6 Å². The number of carbonyl (C=O) groups is 2. The van der Waals surface area contributed by atoms with Gasteiger partial charge in [-0.1, -0.05) is 12.8 Å². The summed E-state index contributed by atoms with van der Waals surface area (Å²) in [5.41, 5.74) is 7.55. The van der Waals surface area contributed by atoms with Crippen LogP contribution in [0.5, 0.6) is 0 Å². The molecule has 1 rings (SSSR count). The molecule has 2 amide bonds. The van der Waals surface area contributed by atoms with E-state index in [0.29, 0.717) is 13.0 Å². The van der Waals surface area contributed by atoms with E-state index in [1.807, 2.05) is 0 Å². The van der Waals surface area contributed by atoms with Crippen molar-refractivity contribution in [2.45, 2.75) is 38.1 Å². The van der Waals surface area contributed by atoms with Crippen molar-refractivity contribution in [3.05, 3.63) is 0 Å². The molecule has 1 aliphatic heterocycles. The summed E-state index contributed by atoms with van der Waals surface area (Å²) in [6.07, 6.45) is 4.34. The lowest BCUT2D eigenvalue weighted by molar-refractivity contribution is -0.128. The van der Waals surface area contributed by atoms with Crippen LogP contribution >= 0.6 is 0 Å². The molecule has 0 unspecified atom stereocenters. The normalized spacial score (nSPS) is 19.6. The number of rotatable bonds is 7. The maximum atomic E-state index is 11.4. The molecule has 6 nitrogen and oxygen atoms in total. The van der Waals surface area contributed by atoms with Gasteiger partial charge in [-0.05, 0) is 19.4 Å². The molecule has 16 heavy (non-hydrogen) atoms. The van der Waals surface area contributed by atoms with Gasteiger partial charge in [0.05, 0.1) is 0 Å². The van der Waals surface area contributed by atoms with Gasteiger partial charge in [-0.25, -0.2) is 5.48 Å². The molecule has 0 radical (unpaired) electrons. The molecule has 1 atom stereocenters. The van der Waals surface area contributed by atoms with E-state index in [9.17, 15) is 9.59 Å². The van der Waals surface area contributed by atoms with Gasteiger partial charge in [0.1, 0.15) is 12.6 Å². The Morgan fingerprint density at radius 1 is 1.44 bits per heavy atom. The quantitative estimate of drug-likeness (QED) is 0.510. The van der Waals surface area contributed by atoms with Gasteiger partial charge in [-0.15, -0.1) is 0 Å². The first-order chi connectivity index (χ1) is 7.74. The highest BCUT2D eigenvalue weighted by Gasteiger charge is 2.26. The second-order valence-corrected chi connectivity index (χ2v) is 3.85. The summed E-state index contributed by atoms with van der Waals surface area (Å²) < 4.78 is 0. The fourth-order valence-electron chi connectivity index (χ4n) is 1.50. The van der Waals surface area contributed by atoms with Crippen LogP contribution in [0.15, 0.2) is 0 Å². The molecular weight excluding hydrogens is 210 g/mol. The van der Waals surface area contributed by atoms with Gasteiger partial charge in [-0.3, -0.25) is 14.4 Å². The third kappa shape index (κ3) is 4.59. The number of hydroxylamine groups is 1. The minimum atomic E-state index is -0.531. The SMILES string of the molecule is NCCCCCCC(=O)N[C@@H]1CONC1=O. The molecule has 0 aromatic heterocycles. The third-order valence-corrected chi connectivity index (χ3v) is 2.43. The Kier molecular flexibility index (Phi) is 5.81. The number of carbonyl (C=O) groups excluding carboxylic acids is 2. The van der Waals surface area contributed by atoms with Crippen LogP contribution in [-0.2, 0) is 14.4 Å². The molecule has 0 aromatic carbocycles.